The molecule has 0 aliphatic rings. The number of nitro groups is 1. The zero-order chi connectivity index (χ0) is 20.6. The number of nitrogens with one attached hydrogen (secondary N) is 1. The van der Waals surface area contributed by atoms with Gasteiger partial charge in [-0.15, -0.1) is 11.3 Å². The van der Waals surface area contributed by atoms with Crippen molar-refractivity contribution >= 4 is 34.1 Å². The van der Waals surface area contributed by atoms with Crippen LogP contribution in [0.3, 0.4) is 0 Å². The lowest BCUT2D eigenvalue weighted by molar-refractivity contribution is -0.384. The molecule has 0 aliphatic carbocycles. The molecule has 0 atom stereocenters. The highest BCUT2D eigenvalue weighted by Crippen LogP contribution is 2.27. The van der Waals surface area contributed by atoms with Crippen LogP contribution in [0.4, 0.5) is 10.8 Å². The highest BCUT2D eigenvalue weighted by atomic mass is 32.1. The Balaban J connectivity index is 1.67. The number of hydrogen-bond donors (Lipinski definition) is 1. The molecule has 29 heavy (non-hydrogen) atoms. The van der Waals surface area contributed by atoms with Crippen molar-refractivity contribution in [1.82, 2.24) is 4.98 Å². The summed E-state index contributed by atoms with van der Waals surface area (Å²) in [5, 5.41) is 15.8. The summed E-state index contributed by atoms with van der Waals surface area (Å²) in [6.07, 6.45) is 4.01. The van der Waals surface area contributed by atoms with E-state index in [0.29, 0.717) is 23.0 Å². The van der Waals surface area contributed by atoms with Crippen LogP contribution in [0.5, 0.6) is 5.75 Å². The second-order valence-corrected chi connectivity index (χ2v) is 6.91. The Morgan fingerprint density at radius 3 is 2.90 bits per heavy atom. The fourth-order valence-electron chi connectivity index (χ4n) is 2.52. The van der Waals surface area contributed by atoms with Crippen LogP contribution in [0.1, 0.15) is 18.9 Å². The third-order valence-corrected chi connectivity index (χ3v) is 4.64. The van der Waals surface area contributed by atoms with Crippen molar-refractivity contribution in [3.05, 3.63) is 75.7 Å². The fraction of sp³-hybridized carbons (Fsp3) is 0.143. The predicted octanol–water partition coefficient (Wildman–Crippen LogP) is 5.16. The quantitative estimate of drug-likeness (QED) is 0.315. The van der Waals surface area contributed by atoms with Gasteiger partial charge in [0.05, 0.1) is 17.2 Å². The minimum absolute atomic E-state index is 0.00650. The first-order valence-electron chi connectivity index (χ1n) is 8.98. The van der Waals surface area contributed by atoms with Crippen LogP contribution in [0, 0.1) is 10.1 Å². The Labute approximate surface area is 171 Å². The van der Waals surface area contributed by atoms with E-state index in [1.165, 1.54) is 29.5 Å². The van der Waals surface area contributed by atoms with E-state index in [4.69, 9.17) is 4.74 Å². The summed E-state index contributed by atoms with van der Waals surface area (Å²) in [5.74, 6) is 0.399. The third kappa shape index (κ3) is 5.49. The number of anilines is 1. The predicted molar refractivity (Wildman–Crippen MR) is 114 cm³/mol. The van der Waals surface area contributed by atoms with E-state index in [2.05, 4.69) is 10.3 Å². The van der Waals surface area contributed by atoms with E-state index >= 15 is 0 Å². The van der Waals surface area contributed by atoms with E-state index in [9.17, 15) is 14.9 Å². The van der Waals surface area contributed by atoms with Crippen molar-refractivity contribution in [2.24, 2.45) is 0 Å². The van der Waals surface area contributed by atoms with E-state index in [1.807, 2.05) is 31.2 Å². The fourth-order valence-corrected chi connectivity index (χ4v) is 3.24. The van der Waals surface area contributed by atoms with Crippen LogP contribution in [-0.4, -0.2) is 22.4 Å². The number of amides is 1. The van der Waals surface area contributed by atoms with E-state index in [1.54, 1.807) is 23.6 Å². The Kier molecular flexibility index (Phi) is 6.70. The smallest absolute Gasteiger partial charge is 0.270 e. The number of hydrogen-bond acceptors (Lipinski definition) is 6. The monoisotopic (exact) mass is 409 g/mol. The molecule has 3 rings (SSSR count). The average Bonchev–Trinajstić information content (AvgIpc) is 3.19. The van der Waals surface area contributed by atoms with Crippen LogP contribution in [0.25, 0.3) is 17.3 Å². The normalized spacial score (nSPS) is 10.8. The molecule has 0 fully saturated rings. The number of ether oxygens (including phenoxy) is 1. The first-order valence-corrected chi connectivity index (χ1v) is 9.86. The topological polar surface area (TPSA) is 94.4 Å². The number of rotatable bonds is 8. The molecule has 148 valence electrons. The van der Waals surface area contributed by atoms with E-state index < -0.39 is 4.92 Å². The number of non-ortho nitro benzene ring substituents is 1. The van der Waals surface area contributed by atoms with Gasteiger partial charge in [-0.3, -0.25) is 20.2 Å². The average molecular weight is 409 g/mol. The summed E-state index contributed by atoms with van der Waals surface area (Å²) in [4.78, 5) is 27.0. The second kappa shape index (κ2) is 9.61. The van der Waals surface area contributed by atoms with Crippen LogP contribution >= 0.6 is 11.3 Å². The van der Waals surface area contributed by atoms with Crippen molar-refractivity contribution < 1.29 is 14.5 Å². The highest BCUT2D eigenvalue weighted by Gasteiger charge is 2.11. The molecule has 0 bridgehead atoms. The van der Waals surface area contributed by atoms with Gasteiger partial charge in [-0.25, -0.2) is 4.98 Å². The largest absolute Gasteiger partial charge is 0.493 e. The Morgan fingerprint density at radius 1 is 1.28 bits per heavy atom. The van der Waals surface area contributed by atoms with Crippen LogP contribution < -0.4 is 10.1 Å². The minimum Gasteiger partial charge on any atom is -0.493 e. The molecule has 1 heterocycles. The molecule has 0 unspecified atom stereocenters. The van der Waals surface area contributed by atoms with Gasteiger partial charge in [-0.2, -0.15) is 0 Å². The van der Waals surface area contributed by atoms with Gasteiger partial charge in [0.1, 0.15) is 5.75 Å². The summed E-state index contributed by atoms with van der Waals surface area (Å²) in [7, 11) is 0. The first-order chi connectivity index (χ1) is 14.1. The lowest BCUT2D eigenvalue weighted by atomic mass is 10.1. The Morgan fingerprint density at radius 2 is 2.10 bits per heavy atom. The van der Waals surface area contributed by atoms with Crippen LogP contribution in [0.15, 0.2) is 60.0 Å². The number of thiazole rings is 1. The van der Waals surface area contributed by atoms with Crippen molar-refractivity contribution in [3.8, 4) is 17.0 Å². The number of para-hydroxylation sites is 1. The first kappa shape index (κ1) is 20.2. The molecule has 0 saturated carbocycles. The molecule has 0 saturated heterocycles. The number of carbonyl (C=O) groups is 1. The number of nitrogens with zero attached hydrogens (tertiary/aromatic N) is 2. The van der Waals surface area contributed by atoms with E-state index in [-0.39, 0.29) is 11.6 Å². The van der Waals surface area contributed by atoms with Crippen molar-refractivity contribution in [1.29, 1.82) is 0 Å². The summed E-state index contributed by atoms with van der Waals surface area (Å²) in [6.45, 7) is 2.64. The number of nitro benzene ring substituents is 1. The zero-order valence-corrected chi connectivity index (χ0v) is 16.5. The third-order valence-electron chi connectivity index (χ3n) is 3.88. The number of aromatic nitrogens is 1. The standard InChI is InChI=1S/C21H19N3O4S/c1-2-12-28-19-9-4-3-6-15(19)10-11-20(25)23-21-22-18(14-29-21)16-7-5-8-17(13-16)24(26)27/h3-11,13-14H,2,12H2,1H3,(H,22,23,25)/b11-10+. The lowest BCUT2D eigenvalue weighted by Gasteiger charge is -2.07. The van der Waals surface area contributed by atoms with Gasteiger partial charge in [-0.05, 0) is 18.6 Å². The summed E-state index contributed by atoms with van der Waals surface area (Å²) < 4.78 is 5.67. The van der Waals surface area contributed by atoms with Gasteiger partial charge in [-0.1, -0.05) is 37.3 Å². The molecular weight excluding hydrogens is 390 g/mol. The van der Waals surface area contributed by atoms with Crippen LogP contribution in [-0.2, 0) is 4.79 Å². The molecule has 1 N–H and O–H groups in total. The maximum atomic E-state index is 12.2. The Hall–Kier alpha value is -3.52. The summed E-state index contributed by atoms with van der Waals surface area (Å²) in [6, 6.07) is 13.7. The van der Waals surface area contributed by atoms with Crippen LogP contribution in [0.2, 0.25) is 0 Å². The lowest BCUT2D eigenvalue weighted by Crippen LogP contribution is -2.07. The second-order valence-electron chi connectivity index (χ2n) is 6.05. The molecule has 3 aromatic rings. The molecule has 7 nitrogen and oxygen atoms in total. The molecule has 0 aliphatic heterocycles. The SMILES string of the molecule is CCCOc1ccccc1/C=C/C(=O)Nc1nc(-c2cccc([N+](=O)[O-])c2)cs1. The molecule has 1 aromatic heterocycles. The minimum atomic E-state index is -0.453. The van der Waals surface area contributed by atoms with Gasteiger partial charge < -0.3 is 4.74 Å². The maximum absolute atomic E-state index is 12.2. The highest BCUT2D eigenvalue weighted by molar-refractivity contribution is 7.14. The summed E-state index contributed by atoms with van der Waals surface area (Å²) in [5.41, 5.74) is 1.99. The van der Waals surface area contributed by atoms with Gasteiger partial charge >= 0.3 is 0 Å². The van der Waals surface area contributed by atoms with E-state index in [0.717, 1.165) is 17.7 Å². The van der Waals surface area contributed by atoms with Gasteiger partial charge in [0, 0.05) is 34.7 Å². The summed E-state index contributed by atoms with van der Waals surface area (Å²) >= 11 is 1.25. The van der Waals surface area contributed by atoms with Gasteiger partial charge in [0.15, 0.2) is 5.13 Å². The Bertz CT molecular complexity index is 1050. The van der Waals surface area contributed by atoms with Crippen molar-refractivity contribution in [2.75, 3.05) is 11.9 Å². The van der Waals surface area contributed by atoms with Crippen molar-refractivity contribution in [3.63, 3.8) is 0 Å². The maximum Gasteiger partial charge on any atom is 0.270 e. The molecule has 8 heteroatoms. The van der Waals surface area contributed by atoms with Crippen molar-refractivity contribution in [2.45, 2.75) is 13.3 Å². The zero-order valence-electron chi connectivity index (χ0n) is 15.7. The molecule has 0 radical (unpaired) electrons. The molecule has 0 spiro atoms. The van der Waals surface area contributed by atoms with Gasteiger partial charge in [0.2, 0.25) is 5.91 Å². The molecule has 1 amide bonds. The number of benzene rings is 2. The number of carbonyl (C=O) groups excluding carboxylic acids is 1. The van der Waals surface area contributed by atoms with Gasteiger partial charge in [0.25, 0.3) is 5.69 Å². The molecular formula is C21H19N3O4S. The molecule has 2 aromatic carbocycles.